The van der Waals surface area contributed by atoms with Crippen LogP contribution in [0.2, 0.25) is 5.02 Å². The Morgan fingerprint density at radius 1 is 1.47 bits per heavy atom. The van der Waals surface area contributed by atoms with Gasteiger partial charge in [-0.05, 0) is 24.6 Å². The monoisotopic (exact) mass is 270 g/mol. The van der Waals surface area contributed by atoms with E-state index >= 15 is 0 Å². The van der Waals surface area contributed by atoms with Crippen LogP contribution < -0.4 is 10.5 Å². The van der Waals surface area contributed by atoms with Crippen molar-refractivity contribution in [2.45, 2.75) is 6.92 Å². The van der Waals surface area contributed by atoms with Crippen molar-refractivity contribution < 1.29 is 9.84 Å². The van der Waals surface area contributed by atoms with E-state index in [0.717, 1.165) is 16.1 Å². The average Bonchev–Trinajstić information content (AvgIpc) is 2.61. The molecule has 0 atom stereocenters. The Labute approximate surface area is 108 Å². The van der Waals surface area contributed by atoms with E-state index in [1.165, 1.54) is 18.4 Å². The fraction of sp³-hybridized carbons (Fsp3) is 0.182. The molecule has 2 rings (SSSR count). The van der Waals surface area contributed by atoms with Crippen LogP contribution in [-0.2, 0) is 0 Å². The number of hydrogen-bond donors (Lipinski definition) is 2. The molecule has 1 aromatic heterocycles. The quantitative estimate of drug-likeness (QED) is 0.880. The van der Waals surface area contributed by atoms with E-state index in [2.05, 4.69) is 4.98 Å². The van der Waals surface area contributed by atoms with Crippen molar-refractivity contribution in [1.82, 2.24) is 4.98 Å². The van der Waals surface area contributed by atoms with Crippen molar-refractivity contribution in [2.24, 2.45) is 0 Å². The number of nitrogen functional groups attached to an aromatic ring is 1. The van der Waals surface area contributed by atoms with Gasteiger partial charge in [0.15, 0.2) is 16.6 Å². The first kappa shape index (κ1) is 12.0. The third-order valence-electron chi connectivity index (χ3n) is 2.32. The number of nitrogens with zero attached hydrogens (tertiary/aromatic N) is 1. The van der Waals surface area contributed by atoms with Gasteiger partial charge < -0.3 is 15.6 Å². The second kappa shape index (κ2) is 4.43. The van der Waals surface area contributed by atoms with Crippen LogP contribution in [0, 0.1) is 6.92 Å². The lowest BCUT2D eigenvalue weighted by atomic mass is 10.1. The summed E-state index contributed by atoms with van der Waals surface area (Å²) in [4.78, 5) is 5.06. The zero-order chi connectivity index (χ0) is 12.6. The summed E-state index contributed by atoms with van der Waals surface area (Å²) in [5.74, 6) is 0.270. The molecule has 0 saturated carbocycles. The van der Waals surface area contributed by atoms with E-state index in [4.69, 9.17) is 22.1 Å². The molecule has 17 heavy (non-hydrogen) atoms. The van der Waals surface area contributed by atoms with Gasteiger partial charge in [-0.15, -0.1) is 0 Å². The fourth-order valence-corrected chi connectivity index (χ4v) is 2.58. The topological polar surface area (TPSA) is 68.4 Å². The van der Waals surface area contributed by atoms with Gasteiger partial charge in [-0.1, -0.05) is 22.9 Å². The number of hydrogen-bond acceptors (Lipinski definition) is 5. The highest BCUT2D eigenvalue weighted by molar-refractivity contribution is 7.18. The van der Waals surface area contributed by atoms with Crippen molar-refractivity contribution in [2.75, 3.05) is 12.8 Å². The number of rotatable bonds is 2. The zero-order valence-electron chi connectivity index (χ0n) is 9.32. The van der Waals surface area contributed by atoms with Crippen molar-refractivity contribution in [3.63, 3.8) is 0 Å². The molecule has 0 aliphatic rings. The molecule has 0 amide bonds. The Hall–Kier alpha value is -1.46. The van der Waals surface area contributed by atoms with Gasteiger partial charge in [-0.3, -0.25) is 0 Å². The van der Waals surface area contributed by atoms with Gasteiger partial charge in [0.05, 0.1) is 22.7 Å². The molecule has 90 valence electrons. The summed E-state index contributed by atoms with van der Waals surface area (Å²) in [6, 6.07) is 3.38. The second-order valence-corrected chi connectivity index (χ2v) is 4.91. The normalized spacial score (nSPS) is 10.5. The summed E-state index contributed by atoms with van der Waals surface area (Å²) in [6.07, 6.45) is 0. The fourth-order valence-electron chi connectivity index (χ4n) is 1.55. The van der Waals surface area contributed by atoms with E-state index in [0.29, 0.717) is 10.9 Å². The molecule has 0 bridgehead atoms. The summed E-state index contributed by atoms with van der Waals surface area (Å²) >= 11 is 7.30. The standard InChI is InChI=1S/C11H11ClN2O2S/c1-5-10(17-11(13)14-5)6-3-7(12)9(15)8(4-6)16-2/h3-4,15H,1-2H3,(H2,13,14). The molecule has 0 fully saturated rings. The predicted molar refractivity (Wildman–Crippen MR) is 69.9 cm³/mol. The van der Waals surface area contributed by atoms with Gasteiger partial charge in [0.25, 0.3) is 0 Å². The van der Waals surface area contributed by atoms with Gasteiger partial charge >= 0.3 is 0 Å². The molecule has 0 aliphatic heterocycles. The average molecular weight is 271 g/mol. The highest BCUT2D eigenvalue weighted by Crippen LogP contribution is 2.41. The Bertz CT molecular complexity index is 569. The van der Waals surface area contributed by atoms with Crippen LogP contribution in [0.3, 0.4) is 0 Å². The van der Waals surface area contributed by atoms with Gasteiger partial charge in [0, 0.05) is 0 Å². The highest BCUT2D eigenvalue weighted by Gasteiger charge is 2.14. The summed E-state index contributed by atoms with van der Waals surface area (Å²) in [7, 11) is 1.48. The minimum atomic E-state index is -0.0620. The van der Waals surface area contributed by atoms with E-state index in [-0.39, 0.29) is 10.8 Å². The first-order chi connectivity index (χ1) is 8.02. The van der Waals surface area contributed by atoms with Gasteiger partial charge in [-0.2, -0.15) is 0 Å². The Morgan fingerprint density at radius 2 is 2.18 bits per heavy atom. The Morgan fingerprint density at radius 3 is 2.71 bits per heavy atom. The lowest BCUT2D eigenvalue weighted by Gasteiger charge is -2.07. The molecule has 1 aromatic carbocycles. The smallest absolute Gasteiger partial charge is 0.180 e. The van der Waals surface area contributed by atoms with Crippen molar-refractivity contribution in [1.29, 1.82) is 0 Å². The highest BCUT2D eigenvalue weighted by atomic mass is 35.5. The summed E-state index contributed by atoms with van der Waals surface area (Å²) < 4.78 is 5.05. The van der Waals surface area contributed by atoms with Crippen LogP contribution in [0.5, 0.6) is 11.5 Å². The number of aromatic hydroxyl groups is 1. The number of halogens is 1. The molecular formula is C11H11ClN2O2S. The van der Waals surface area contributed by atoms with Crippen LogP contribution in [0.15, 0.2) is 12.1 Å². The van der Waals surface area contributed by atoms with E-state index in [9.17, 15) is 5.11 Å². The van der Waals surface area contributed by atoms with Crippen molar-refractivity contribution in [3.05, 3.63) is 22.8 Å². The molecule has 0 aliphatic carbocycles. The lowest BCUT2D eigenvalue weighted by Crippen LogP contribution is -1.86. The van der Waals surface area contributed by atoms with Crippen LogP contribution in [0.1, 0.15) is 5.69 Å². The number of aryl methyl sites for hydroxylation is 1. The largest absolute Gasteiger partial charge is 0.503 e. The molecule has 0 spiro atoms. The molecular weight excluding hydrogens is 260 g/mol. The minimum Gasteiger partial charge on any atom is -0.503 e. The third kappa shape index (κ3) is 2.16. The molecule has 0 unspecified atom stereocenters. The molecule has 6 heteroatoms. The SMILES string of the molecule is COc1cc(-c2sc(N)nc2C)cc(Cl)c1O. The molecule has 4 nitrogen and oxygen atoms in total. The number of phenols is 1. The Kier molecular flexibility index (Phi) is 3.13. The van der Waals surface area contributed by atoms with Crippen LogP contribution in [0.4, 0.5) is 5.13 Å². The van der Waals surface area contributed by atoms with Crippen molar-refractivity contribution in [3.8, 4) is 21.9 Å². The first-order valence-corrected chi connectivity index (χ1v) is 6.02. The van der Waals surface area contributed by atoms with Gasteiger partial charge in [0.1, 0.15) is 0 Å². The molecule has 2 aromatic rings. The molecule has 0 radical (unpaired) electrons. The number of benzene rings is 1. The van der Waals surface area contributed by atoms with E-state index in [1.54, 1.807) is 12.1 Å². The number of anilines is 1. The van der Waals surface area contributed by atoms with Crippen molar-refractivity contribution >= 4 is 28.1 Å². The molecule has 3 N–H and O–H groups in total. The number of ether oxygens (including phenoxy) is 1. The number of phenolic OH excluding ortho intramolecular Hbond substituents is 1. The number of thiazole rings is 1. The summed E-state index contributed by atoms with van der Waals surface area (Å²) in [6.45, 7) is 1.87. The maximum Gasteiger partial charge on any atom is 0.180 e. The first-order valence-electron chi connectivity index (χ1n) is 4.82. The molecule has 1 heterocycles. The van der Waals surface area contributed by atoms with Crippen LogP contribution >= 0.6 is 22.9 Å². The minimum absolute atomic E-state index is 0.0620. The predicted octanol–water partition coefficient (Wildman–Crippen LogP) is 3.07. The zero-order valence-corrected chi connectivity index (χ0v) is 10.9. The lowest BCUT2D eigenvalue weighted by molar-refractivity contribution is 0.374. The summed E-state index contributed by atoms with van der Waals surface area (Å²) in [5, 5.41) is 10.4. The maximum atomic E-state index is 9.65. The third-order valence-corrected chi connectivity index (χ3v) is 3.65. The summed E-state index contributed by atoms with van der Waals surface area (Å²) in [5.41, 5.74) is 7.31. The maximum absolute atomic E-state index is 9.65. The number of methoxy groups -OCH3 is 1. The number of aromatic nitrogens is 1. The van der Waals surface area contributed by atoms with E-state index < -0.39 is 0 Å². The Balaban J connectivity index is 2.60. The second-order valence-electron chi connectivity index (χ2n) is 3.48. The van der Waals surface area contributed by atoms with E-state index in [1.807, 2.05) is 6.92 Å². The van der Waals surface area contributed by atoms with Crippen LogP contribution in [0.25, 0.3) is 10.4 Å². The van der Waals surface area contributed by atoms with Crippen LogP contribution in [-0.4, -0.2) is 17.2 Å². The molecule has 0 saturated heterocycles. The van der Waals surface area contributed by atoms with Gasteiger partial charge in [0.2, 0.25) is 0 Å². The number of nitrogens with two attached hydrogens (primary N) is 1. The van der Waals surface area contributed by atoms with Gasteiger partial charge in [-0.25, -0.2) is 4.98 Å².